The first-order valence-electron chi connectivity index (χ1n) is 5.44. The minimum Gasteiger partial charge on any atom is -0.395 e. The maximum absolute atomic E-state index is 11.7. The number of aromatic amines is 1. The monoisotopic (exact) mass is 254 g/mol. The summed E-state index contributed by atoms with van der Waals surface area (Å²) in [6, 6.07) is 0. The smallest absolute Gasteiger partial charge is 0.329 e. The molecule has 0 radical (unpaired) electrons. The molecule has 2 heterocycles. The van der Waals surface area contributed by atoms with E-state index in [2.05, 4.69) is 4.98 Å². The number of H-pyrrole nitrogens is 1. The Bertz CT molecular complexity index is 546. The third-order valence-corrected chi connectivity index (χ3v) is 4.00. The SMILES string of the molecule is CCc1cn([C@H]2C=C[C@@H](CO)S2)c(=O)[nH]c1=O. The highest BCUT2D eigenvalue weighted by Crippen LogP contribution is 2.34. The first-order chi connectivity index (χ1) is 8.15. The summed E-state index contributed by atoms with van der Waals surface area (Å²) in [7, 11) is 0. The van der Waals surface area contributed by atoms with Crippen LogP contribution in [0.25, 0.3) is 0 Å². The van der Waals surface area contributed by atoms with E-state index in [0.717, 1.165) is 0 Å². The van der Waals surface area contributed by atoms with Gasteiger partial charge in [-0.1, -0.05) is 19.1 Å². The Hall–Kier alpha value is -1.27. The summed E-state index contributed by atoms with van der Waals surface area (Å²) in [6.45, 7) is 1.92. The van der Waals surface area contributed by atoms with Crippen LogP contribution < -0.4 is 11.2 Å². The minimum atomic E-state index is -0.409. The molecule has 0 aromatic carbocycles. The van der Waals surface area contributed by atoms with Crippen LogP contribution in [-0.4, -0.2) is 26.5 Å². The summed E-state index contributed by atoms with van der Waals surface area (Å²) in [4.78, 5) is 25.4. The van der Waals surface area contributed by atoms with Crippen LogP contribution in [0.2, 0.25) is 0 Å². The van der Waals surface area contributed by atoms with Crippen LogP contribution >= 0.6 is 11.8 Å². The van der Waals surface area contributed by atoms with Crippen molar-refractivity contribution >= 4 is 11.8 Å². The van der Waals surface area contributed by atoms with E-state index < -0.39 is 5.69 Å². The second-order valence-corrected chi connectivity index (χ2v) is 5.17. The summed E-state index contributed by atoms with van der Waals surface area (Å²) in [5.41, 5.74) is -0.140. The van der Waals surface area contributed by atoms with Crippen molar-refractivity contribution in [1.82, 2.24) is 9.55 Å². The molecule has 1 aromatic rings. The van der Waals surface area contributed by atoms with E-state index in [1.54, 1.807) is 6.20 Å². The number of aromatic nitrogens is 2. The molecule has 0 bridgehead atoms. The van der Waals surface area contributed by atoms with Gasteiger partial charge >= 0.3 is 5.69 Å². The molecule has 0 saturated carbocycles. The van der Waals surface area contributed by atoms with Crippen molar-refractivity contribution in [3.8, 4) is 0 Å². The van der Waals surface area contributed by atoms with Crippen LogP contribution in [0, 0.1) is 0 Å². The Balaban J connectivity index is 2.37. The molecule has 0 saturated heterocycles. The van der Waals surface area contributed by atoms with Crippen molar-refractivity contribution in [2.45, 2.75) is 24.0 Å². The second-order valence-electron chi connectivity index (χ2n) is 3.81. The number of nitrogens with one attached hydrogen (secondary N) is 1. The van der Waals surface area contributed by atoms with Crippen LogP contribution in [0.4, 0.5) is 0 Å². The standard InChI is InChI=1S/C11H14N2O3S/c1-2-7-5-13(11(16)12-10(7)15)9-4-3-8(6-14)17-9/h3-5,8-9,14H,2,6H2,1H3,(H,12,15,16)/t8-,9+/m0/s1. The van der Waals surface area contributed by atoms with E-state index in [-0.39, 0.29) is 22.8 Å². The van der Waals surface area contributed by atoms with Crippen LogP contribution in [0.1, 0.15) is 17.9 Å². The largest absolute Gasteiger partial charge is 0.395 e. The number of thioether (sulfide) groups is 1. The molecule has 2 rings (SSSR count). The Labute approximate surface area is 102 Å². The summed E-state index contributed by atoms with van der Waals surface area (Å²) >= 11 is 1.48. The average Bonchev–Trinajstić information content (AvgIpc) is 2.78. The molecule has 17 heavy (non-hydrogen) atoms. The van der Waals surface area contributed by atoms with Crippen molar-refractivity contribution in [1.29, 1.82) is 0 Å². The third-order valence-electron chi connectivity index (χ3n) is 2.68. The van der Waals surface area contributed by atoms with E-state index >= 15 is 0 Å². The lowest BCUT2D eigenvalue weighted by molar-refractivity contribution is 0.307. The van der Waals surface area contributed by atoms with E-state index in [9.17, 15) is 9.59 Å². The molecule has 1 aromatic heterocycles. The van der Waals surface area contributed by atoms with Crippen molar-refractivity contribution in [3.63, 3.8) is 0 Å². The molecular formula is C11H14N2O3S. The van der Waals surface area contributed by atoms with Crippen LogP contribution in [0.15, 0.2) is 27.9 Å². The molecule has 0 aliphatic carbocycles. The zero-order chi connectivity index (χ0) is 12.4. The van der Waals surface area contributed by atoms with Gasteiger partial charge < -0.3 is 5.11 Å². The van der Waals surface area contributed by atoms with Crippen LogP contribution in [-0.2, 0) is 6.42 Å². The van der Waals surface area contributed by atoms with Crippen molar-refractivity contribution in [2.24, 2.45) is 0 Å². The molecule has 0 fully saturated rings. The highest BCUT2D eigenvalue weighted by atomic mass is 32.2. The normalized spacial score (nSPS) is 23.2. The number of aliphatic hydroxyl groups is 1. The first kappa shape index (κ1) is 12.2. The lowest BCUT2D eigenvalue weighted by atomic mass is 10.2. The Morgan fingerprint density at radius 2 is 2.24 bits per heavy atom. The summed E-state index contributed by atoms with van der Waals surface area (Å²) < 4.78 is 1.50. The van der Waals surface area contributed by atoms with Gasteiger partial charge in [0.25, 0.3) is 5.56 Å². The number of hydrogen-bond acceptors (Lipinski definition) is 4. The lowest BCUT2D eigenvalue weighted by Gasteiger charge is -2.13. The Morgan fingerprint density at radius 3 is 2.82 bits per heavy atom. The number of hydrogen-bond donors (Lipinski definition) is 2. The Kier molecular flexibility index (Phi) is 3.54. The fourth-order valence-corrected chi connectivity index (χ4v) is 2.81. The molecule has 1 aliphatic heterocycles. The quantitative estimate of drug-likeness (QED) is 0.759. The van der Waals surface area contributed by atoms with Gasteiger partial charge in [0.05, 0.1) is 6.61 Å². The Morgan fingerprint density at radius 1 is 1.47 bits per heavy atom. The predicted octanol–water partition coefficient (Wildman–Crippen LogP) is 0.262. The maximum atomic E-state index is 11.7. The van der Waals surface area contributed by atoms with Gasteiger partial charge in [0.15, 0.2) is 0 Å². The average molecular weight is 254 g/mol. The number of rotatable bonds is 3. The molecule has 2 N–H and O–H groups in total. The molecule has 6 heteroatoms. The van der Waals surface area contributed by atoms with Crippen molar-refractivity contribution in [2.75, 3.05) is 6.61 Å². The fraction of sp³-hybridized carbons (Fsp3) is 0.455. The molecule has 0 spiro atoms. The topological polar surface area (TPSA) is 75.1 Å². The number of aliphatic hydroxyl groups excluding tert-OH is 1. The molecule has 0 amide bonds. The molecule has 2 atom stereocenters. The summed E-state index contributed by atoms with van der Waals surface area (Å²) in [5.74, 6) is 0. The highest BCUT2D eigenvalue weighted by Gasteiger charge is 2.21. The molecular weight excluding hydrogens is 240 g/mol. The van der Waals surface area contributed by atoms with Gasteiger partial charge in [-0.3, -0.25) is 14.3 Å². The molecule has 0 unspecified atom stereocenters. The van der Waals surface area contributed by atoms with Gasteiger partial charge in [-0.05, 0) is 6.42 Å². The third kappa shape index (κ3) is 2.37. The summed E-state index contributed by atoms with van der Waals surface area (Å²) in [5, 5.41) is 8.89. The fourth-order valence-electron chi connectivity index (χ4n) is 1.72. The van der Waals surface area contributed by atoms with Gasteiger partial charge in [-0.25, -0.2) is 4.79 Å². The van der Waals surface area contributed by atoms with E-state index in [4.69, 9.17) is 5.11 Å². The van der Waals surface area contributed by atoms with E-state index in [0.29, 0.717) is 12.0 Å². The summed E-state index contributed by atoms with van der Waals surface area (Å²) in [6.07, 6.45) is 5.92. The van der Waals surface area contributed by atoms with Crippen LogP contribution in [0.5, 0.6) is 0 Å². The van der Waals surface area contributed by atoms with E-state index in [1.165, 1.54) is 16.3 Å². The molecule has 1 aliphatic rings. The van der Waals surface area contributed by atoms with Gasteiger partial charge in [0, 0.05) is 17.0 Å². The lowest BCUT2D eigenvalue weighted by Crippen LogP contribution is -2.32. The zero-order valence-electron chi connectivity index (χ0n) is 9.42. The van der Waals surface area contributed by atoms with Crippen molar-refractivity contribution in [3.05, 3.63) is 44.8 Å². The van der Waals surface area contributed by atoms with E-state index in [1.807, 2.05) is 19.1 Å². The zero-order valence-corrected chi connectivity index (χ0v) is 10.2. The van der Waals surface area contributed by atoms with Crippen LogP contribution in [0.3, 0.4) is 0 Å². The molecule has 92 valence electrons. The van der Waals surface area contributed by atoms with Gasteiger partial charge in [0.1, 0.15) is 5.37 Å². The van der Waals surface area contributed by atoms with Crippen molar-refractivity contribution < 1.29 is 5.11 Å². The first-order valence-corrected chi connectivity index (χ1v) is 6.39. The minimum absolute atomic E-state index is 0.0175. The second kappa shape index (κ2) is 4.93. The number of nitrogens with zero attached hydrogens (tertiary/aromatic N) is 1. The molecule has 5 nitrogen and oxygen atoms in total. The van der Waals surface area contributed by atoms with Gasteiger partial charge in [0.2, 0.25) is 0 Å². The maximum Gasteiger partial charge on any atom is 0.329 e. The number of aryl methyl sites for hydroxylation is 1. The highest BCUT2D eigenvalue weighted by molar-refractivity contribution is 8.00. The van der Waals surface area contributed by atoms with Gasteiger partial charge in [-0.15, -0.1) is 11.8 Å². The predicted molar refractivity (Wildman–Crippen MR) is 67.3 cm³/mol. The van der Waals surface area contributed by atoms with Gasteiger partial charge in [-0.2, -0.15) is 0 Å².